The predicted octanol–water partition coefficient (Wildman–Crippen LogP) is 2.70. The third-order valence-electron chi connectivity index (χ3n) is 3.13. The average Bonchev–Trinajstić information content (AvgIpc) is 2.97. The molecule has 0 radical (unpaired) electrons. The summed E-state index contributed by atoms with van der Waals surface area (Å²) in [5.41, 5.74) is 4.39. The summed E-state index contributed by atoms with van der Waals surface area (Å²) in [6, 6.07) is 17.1. The SMILES string of the molecule is O=C(COc1ccccc1)N/N=C\c1c[nH]c2ccccc12. The highest BCUT2D eigenvalue weighted by Crippen LogP contribution is 2.15. The number of carbonyl (C=O) groups is 1. The molecule has 0 aliphatic heterocycles. The van der Waals surface area contributed by atoms with Crippen molar-refractivity contribution in [3.05, 3.63) is 66.4 Å². The zero-order valence-electron chi connectivity index (χ0n) is 11.8. The molecule has 22 heavy (non-hydrogen) atoms. The molecule has 1 amide bonds. The van der Waals surface area contributed by atoms with Crippen molar-refractivity contribution in [1.29, 1.82) is 0 Å². The molecule has 0 atom stereocenters. The summed E-state index contributed by atoms with van der Waals surface area (Å²) in [7, 11) is 0. The van der Waals surface area contributed by atoms with Gasteiger partial charge in [0.1, 0.15) is 5.75 Å². The Kier molecular flexibility index (Phi) is 4.15. The fourth-order valence-corrected chi connectivity index (χ4v) is 2.07. The van der Waals surface area contributed by atoms with Crippen LogP contribution in [0.4, 0.5) is 0 Å². The number of aromatic amines is 1. The van der Waals surface area contributed by atoms with Crippen LogP contribution in [0.2, 0.25) is 0 Å². The van der Waals surface area contributed by atoms with Gasteiger partial charge in [0.05, 0.1) is 6.21 Å². The van der Waals surface area contributed by atoms with Gasteiger partial charge in [-0.25, -0.2) is 5.43 Å². The summed E-state index contributed by atoms with van der Waals surface area (Å²) >= 11 is 0. The lowest BCUT2D eigenvalue weighted by Gasteiger charge is -2.03. The number of ether oxygens (including phenoxy) is 1. The second kappa shape index (κ2) is 6.58. The van der Waals surface area contributed by atoms with Crippen molar-refractivity contribution in [3.63, 3.8) is 0 Å². The summed E-state index contributed by atoms with van der Waals surface area (Å²) in [5.74, 6) is 0.346. The van der Waals surface area contributed by atoms with Crippen molar-refractivity contribution in [3.8, 4) is 5.75 Å². The zero-order valence-corrected chi connectivity index (χ0v) is 11.8. The van der Waals surface area contributed by atoms with Crippen LogP contribution >= 0.6 is 0 Å². The molecule has 5 nitrogen and oxygen atoms in total. The summed E-state index contributed by atoms with van der Waals surface area (Å²) in [6.45, 7) is -0.0742. The van der Waals surface area contributed by atoms with Gasteiger partial charge in [0.2, 0.25) is 0 Å². The Morgan fingerprint density at radius 1 is 1.14 bits per heavy atom. The number of para-hydroxylation sites is 2. The van der Waals surface area contributed by atoms with Gasteiger partial charge < -0.3 is 9.72 Å². The fourth-order valence-electron chi connectivity index (χ4n) is 2.07. The first kappa shape index (κ1) is 13.9. The Morgan fingerprint density at radius 3 is 2.77 bits per heavy atom. The van der Waals surface area contributed by atoms with E-state index in [1.54, 1.807) is 18.3 Å². The molecule has 3 rings (SSSR count). The van der Waals surface area contributed by atoms with Crippen molar-refractivity contribution < 1.29 is 9.53 Å². The monoisotopic (exact) mass is 293 g/mol. The van der Waals surface area contributed by atoms with E-state index in [1.807, 2.05) is 48.7 Å². The van der Waals surface area contributed by atoms with Crippen molar-refractivity contribution in [2.45, 2.75) is 0 Å². The van der Waals surface area contributed by atoms with Gasteiger partial charge in [-0.2, -0.15) is 5.10 Å². The Balaban J connectivity index is 1.54. The van der Waals surface area contributed by atoms with Crippen LogP contribution in [0.5, 0.6) is 5.75 Å². The minimum Gasteiger partial charge on any atom is -0.484 e. The maximum Gasteiger partial charge on any atom is 0.277 e. The number of amides is 1. The zero-order chi connectivity index (χ0) is 15.2. The van der Waals surface area contributed by atoms with Crippen LogP contribution in [0.15, 0.2) is 65.9 Å². The number of nitrogens with zero attached hydrogens (tertiary/aromatic N) is 1. The quantitative estimate of drug-likeness (QED) is 0.561. The largest absolute Gasteiger partial charge is 0.484 e. The summed E-state index contributed by atoms with van der Waals surface area (Å²) in [5, 5.41) is 5.01. The topological polar surface area (TPSA) is 66.5 Å². The molecule has 0 aliphatic carbocycles. The standard InChI is InChI=1S/C17H15N3O2/c21-17(12-22-14-6-2-1-3-7-14)20-19-11-13-10-18-16-9-5-4-8-15(13)16/h1-11,18H,12H2,(H,20,21)/b19-11-. The minimum atomic E-state index is -0.306. The maximum absolute atomic E-state index is 11.7. The lowest BCUT2D eigenvalue weighted by atomic mass is 10.2. The third kappa shape index (κ3) is 3.32. The molecule has 110 valence electrons. The van der Waals surface area contributed by atoms with Crippen LogP contribution in [0, 0.1) is 0 Å². The number of H-pyrrole nitrogens is 1. The summed E-state index contributed by atoms with van der Waals surface area (Å²) in [6.07, 6.45) is 3.46. The molecular formula is C17H15N3O2. The Bertz CT molecular complexity index is 794. The molecule has 0 bridgehead atoms. The van der Waals surface area contributed by atoms with E-state index >= 15 is 0 Å². The number of aromatic nitrogens is 1. The van der Waals surface area contributed by atoms with Gasteiger partial charge in [-0.05, 0) is 18.2 Å². The lowest BCUT2D eigenvalue weighted by Crippen LogP contribution is -2.24. The molecule has 2 N–H and O–H groups in total. The van der Waals surface area contributed by atoms with Crippen molar-refractivity contribution in [2.24, 2.45) is 5.10 Å². The molecule has 1 aromatic heterocycles. The number of benzene rings is 2. The van der Waals surface area contributed by atoms with Gasteiger partial charge in [-0.3, -0.25) is 4.79 Å². The van der Waals surface area contributed by atoms with Crippen molar-refractivity contribution in [1.82, 2.24) is 10.4 Å². The molecule has 0 saturated carbocycles. The van der Waals surface area contributed by atoms with E-state index in [4.69, 9.17) is 4.74 Å². The Hall–Kier alpha value is -3.08. The van der Waals surface area contributed by atoms with Gasteiger partial charge in [0, 0.05) is 22.7 Å². The second-order valence-corrected chi connectivity index (χ2v) is 4.68. The average molecular weight is 293 g/mol. The first-order valence-corrected chi connectivity index (χ1v) is 6.89. The van der Waals surface area contributed by atoms with E-state index < -0.39 is 0 Å². The Labute approximate surface area is 127 Å². The molecule has 5 heteroatoms. The van der Waals surface area contributed by atoms with Crippen LogP contribution in [-0.4, -0.2) is 23.7 Å². The first-order chi connectivity index (χ1) is 10.8. The fraction of sp³-hybridized carbons (Fsp3) is 0.0588. The van der Waals surface area contributed by atoms with Gasteiger partial charge >= 0.3 is 0 Å². The highest BCUT2D eigenvalue weighted by molar-refractivity contribution is 5.99. The molecule has 0 spiro atoms. The van der Waals surface area contributed by atoms with Gasteiger partial charge in [-0.15, -0.1) is 0 Å². The van der Waals surface area contributed by atoms with Crippen LogP contribution in [0.1, 0.15) is 5.56 Å². The molecular weight excluding hydrogens is 278 g/mol. The number of hydrogen-bond donors (Lipinski definition) is 2. The first-order valence-electron chi connectivity index (χ1n) is 6.89. The summed E-state index contributed by atoms with van der Waals surface area (Å²) in [4.78, 5) is 14.8. The number of rotatable bonds is 5. The highest BCUT2D eigenvalue weighted by Gasteiger charge is 2.02. The summed E-state index contributed by atoms with van der Waals surface area (Å²) < 4.78 is 5.33. The number of nitrogens with one attached hydrogen (secondary N) is 2. The van der Waals surface area contributed by atoms with E-state index in [2.05, 4.69) is 15.5 Å². The maximum atomic E-state index is 11.7. The van der Waals surface area contributed by atoms with Gasteiger partial charge in [0.25, 0.3) is 5.91 Å². The van der Waals surface area contributed by atoms with E-state index in [0.717, 1.165) is 16.5 Å². The minimum absolute atomic E-state index is 0.0742. The van der Waals surface area contributed by atoms with Crippen LogP contribution in [0.25, 0.3) is 10.9 Å². The molecule has 0 aliphatic rings. The highest BCUT2D eigenvalue weighted by atomic mass is 16.5. The lowest BCUT2D eigenvalue weighted by molar-refractivity contribution is -0.123. The molecule has 3 aromatic rings. The van der Waals surface area contributed by atoms with Crippen LogP contribution < -0.4 is 10.2 Å². The number of carbonyl (C=O) groups excluding carboxylic acids is 1. The number of hydrazone groups is 1. The molecule has 0 unspecified atom stereocenters. The molecule has 1 heterocycles. The molecule has 0 saturated heterocycles. The van der Waals surface area contributed by atoms with E-state index in [1.165, 1.54) is 0 Å². The van der Waals surface area contributed by atoms with Crippen LogP contribution in [-0.2, 0) is 4.79 Å². The number of hydrogen-bond acceptors (Lipinski definition) is 3. The van der Waals surface area contributed by atoms with E-state index in [9.17, 15) is 4.79 Å². The second-order valence-electron chi connectivity index (χ2n) is 4.68. The van der Waals surface area contributed by atoms with Gasteiger partial charge in [0.15, 0.2) is 6.61 Å². The predicted molar refractivity (Wildman–Crippen MR) is 86.0 cm³/mol. The van der Waals surface area contributed by atoms with E-state index in [-0.39, 0.29) is 12.5 Å². The third-order valence-corrected chi connectivity index (χ3v) is 3.13. The normalized spacial score (nSPS) is 10.9. The van der Waals surface area contributed by atoms with Gasteiger partial charge in [-0.1, -0.05) is 36.4 Å². The van der Waals surface area contributed by atoms with E-state index in [0.29, 0.717) is 5.75 Å². The van der Waals surface area contributed by atoms with Crippen LogP contribution in [0.3, 0.4) is 0 Å². The van der Waals surface area contributed by atoms with Crippen molar-refractivity contribution >= 4 is 23.0 Å². The molecule has 2 aromatic carbocycles. The smallest absolute Gasteiger partial charge is 0.277 e. The Morgan fingerprint density at radius 2 is 1.91 bits per heavy atom. The van der Waals surface area contributed by atoms with Crippen molar-refractivity contribution in [2.75, 3.05) is 6.61 Å². The number of fused-ring (bicyclic) bond motifs is 1. The molecule has 0 fully saturated rings.